The molecule has 82 valence electrons. The highest BCUT2D eigenvalue weighted by atomic mass is 79.9. The smallest absolute Gasteiger partial charge is 0.291 e. The third kappa shape index (κ3) is 2.15. The van der Waals surface area contributed by atoms with Crippen LogP contribution < -0.4 is 10.2 Å². The molecule has 4 heteroatoms. The molecule has 0 amide bonds. The van der Waals surface area contributed by atoms with Gasteiger partial charge >= 0.3 is 0 Å². The van der Waals surface area contributed by atoms with Crippen molar-refractivity contribution >= 4 is 21.5 Å². The number of ether oxygens (including phenoxy) is 1. The van der Waals surface area contributed by atoms with Gasteiger partial charge in [-0.25, -0.2) is 0 Å². The lowest BCUT2D eigenvalue weighted by molar-refractivity contribution is 0.288. The summed E-state index contributed by atoms with van der Waals surface area (Å²) in [7, 11) is 1.48. The molecule has 1 rings (SSSR count). The summed E-state index contributed by atoms with van der Waals surface area (Å²) in [5, 5.41) is 0. The molecule has 15 heavy (non-hydrogen) atoms. The molecule has 1 heterocycles. The van der Waals surface area contributed by atoms with Crippen LogP contribution in [0, 0.1) is 13.8 Å². The molecular formula is C11H13BrO3. The summed E-state index contributed by atoms with van der Waals surface area (Å²) >= 11 is 3.21. The highest BCUT2D eigenvalue weighted by Crippen LogP contribution is 2.24. The van der Waals surface area contributed by atoms with Crippen molar-refractivity contribution in [1.29, 1.82) is 0 Å². The van der Waals surface area contributed by atoms with Gasteiger partial charge in [-0.1, -0.05) is 15.9 Å². The molecular weight excluding hydrogens is 260 g/mol. The molecule has 0 fully saturated rings. The molecule has 0 aromatic carbocycles. The van der Waals surface area contributed by atoms with Crippen LogP contribution in [-0.4, -0.2) is 7.11 Å². The number of hydrogen-bond donors (Lipinski definition) is 0. The Morgan fingerprint density at radius 1 is 1.40 bits per heavy atom. The van der Waals surface area contributed by atoms with Gasteiger partial charge < -0.3 is 9.15 Å². The minimum absolute atomic E-state index is 0.0400. The lowest BCUT2D eigenvalue weighted by Gasteiger charge is -2.08. The van der Waals surface area contributed by atoms with Crippen molar-refractivity contribution in [1.82, 2.24) is 0 Å². The quantitative estimate of drug-likeness (QED) is 0.831. The first-order valence-electron chi connectivity index (χ1n) is 4.48. The zero-order valence-corrected chi connectivity index (χ0v) is 10.8. The molecule has 0 unspecified atom stereocenters. The standard InChI is InChI=1S/C11H13BrO3/c1-6(5-12)10-7(2)9(13)8(3)11(14-4)15-10/h5H,1-4H3/b6-5+. The van der Waals surface area contributed by atoms with E-state index in [9.17, 15) is 4.79 Å². The monoisotopic (exact) mass is 272 g/mol. The van der Waals surface area contributed by atoms with Gasteiger partial charge in [-0.15, -0.1) is 0 Å². The van der Waals surface area contributed by atoms with Gasteiger partial charge in [0, 0.05) is 5.56 Å². The Morgan fingerprint density at radius 2 is 2.00 bits per heavy atom. The molecule has 0 bridgehead atoms. The first-order chi connectivity index (χ1) is 7.02. The van der Waals surface area contributed by atoms with E-state index in [1.807, 2.05) is 6.92 Å². The van der Waals surface area contributed by atoms with Crippen LogP contribution in [0.25, 0.3) is 5.57 Å². The SMILES string of the molecule is COc1oc(/C(C)=C/Br)c(C)c(=O)c1C. The van der Waals surface area contributed by atoms with Gasteiger partial charge in [-0.2, -0.15) is 0 Å². The Labute approximate surface area is 96.9 Å². The lowest BCUT2D eigenvalue weighted by Crippen LogP contribution is -2.12. The fraction of sp³-hybridized carbons (Fsp3) is 0.364. The maximum absolute atomic E-state index is 11.8. The minimum Gasteiger partial charge on any atom is -0.468 e. The summed E-state index contributed by atoms with van der Waals surface area (Å²) < 4.78 is 10.5. The second kappa shape index (κ2) is 4.66. The summed E-state index contributed by atoms with van der Waals surface area (Å²) in [4.78, 5) is 13.5. The average Bonchev–Trinajstić information content (AvgIpc) is 2.25. The number of hydrogen-bond acceptors (Lipinski definition) is 3. The van der Waals surface area contributed by atoms with E-state index >= 15 is 0 Å². The van der Waals surface area contributed by atoms with E-state index < -0.39 is 0 Å². The maximum Gasteiger partial charge on any atom is 0.291 e. The normalized spacial score (nSPS) is 11.7. The van der Waals surface area contributed by atoms with E-state index in [-0.39, 0.29) is 11.4 Å². The van der Waals surface area contributed by atoms with Crippen molar-refractivity contribution in [3.63, 3.8) is 0 Å². The van der Waals surface area contributed by atoms with E-state index in [0.717, 1.165) is 5.57 Å². The molecule has 3 nitrogen and oxygen atoms in total. The predicted molar refractivity (Wildman–Crippen MR) is 63.6 cm³/mol. The Bertz CT molecular complexity index is 458. The van der Waals surface area contributed by atoms with Crippen molar-refractivity contribution in [2.75, 3.05) is 7.11 Å². The Kier molecular flexibility index (Phi) is 3.74. The number of rotatable bonds is 2. The van der Waals surface area contributed by atoms with E-state index in [1.165, 1.54) is 7.11 Å². The summed E-state index contributed by atoms with van der Waals surface area (Å²) in [5.41, 5.74) is 1.91. The molecule has 0 saturated carbocycles. The van der Waals surface area contributed by atoms with Crippen LogP contribution in [-0.2, 0) is 0 Å². The van der Waals surface area contributed by atoms with E-state index in [1.54, 1.807) is 18.8 Å². The first kappa shape index (κ1) is 12.0. The zero-order valence-electron chi connectivity index (χ0n) is 9.18. The van der Waals surface area contributed by atoms with Crippen molar-refractivity contribution in [3.05, 3.63) is 32.1 Å². The van der Waals surface area contributed by atoms with Gasteiger partial charge in [0.2, 0.25) is 0 Å². The van der Waals surface area contributed by atoms with Gasteiger partial charge in [0.1, 0.15) is 5.76 Å². The highest BCUT2D eigenvalue weighted by molar-refractivity contribution is 9.11. The first-order valence-corrected chi connectivity index (χ1v) is 5.40. The fourth-order valence-corrected chi connectivity index (χ4v) is 1.55. The van der Waals surface area contributed by atoms with Gasteiger partial charge in [-0.05, 0) is 31.3 Å². The molecule has 0 atom stereocenters. The van der Waals surface area contributed by atoms with Crippen LogP contribution in [0.5, 0.6) is 5.95 Å². The minimum atomic E-state index is -0.0400. The van der Waals surface area contributed by atoms with Gasteiger partial charge in [0.25, 0.3) is 5.95 Å². The molecule has 0 aliphatic rings. The predicted octanol–water partition coefficient (Wildman–Crippen LogP) is 3.02. The summed E-state index contributed by atoms with van der Waals surface area (Å²) in [6.07, 6.45) is 0. The van der Waals surface area contributed by atoms with Crippen LogP contribution >= 0.6 is 15.9 Å². The molecule has 0 aliphatic carbocycles. The number of methoxy groups -OCH3 is 1. The van der Waals surface area contributed by atoms with Gasteiger partial charge in [-0.3, -0.25) is 4.79 Å². The second-order valence-corrected chi connectivity index (χ2v) is 3.75. The summed E-state index contributed by atoms with van der Waals surface area (Å²) in [5.74, 6) is 0.827. The van der Waals surface area contributed by atoms with Gasteiger partial charge in [0.15, 0.2) is 5.43 Å². The molecule has 1 aromatic rings. The Hall–Kier alpha value is -1.03. The molecule has 0 N–H and O–H groups in total. The Morgan fingerprint density at radius 3 is 2.47 bits per heavy atom. The van der Waals surface area contributed by atoms with Crippen molar-refractivity contribution in [3.8, 4) is 5.95 Å². The van der Waals surface area contributed by atoms with Crippen molar-refractivity contribution in [2.45, 2.75) is 20.8 Å². The number of allylic oxidation sites excluding steroid dienone is 1. The van der Waals surface area contributed by atoms with Crippen molar-refractivity contribution < 1.29 is 9.15 Å². The third-order valence-corrected chi connectivity index (χ3v) is 2.92. The highest BCUT2D eigenvalue weighted by Gasteiger charge is 2.14. The van der Waals surface area contributed by atoms with Crippen LogP contribution in [0.3, 0.4) is 0 Å². The van der Waals surface area contributed by atoms with Crippen LogP contribution in [0.15, 0.2) is 14.2 Å². The van der Waals surface area contributed by atoms with Crippen LogP contribution in [0.2, 0.25) is 0 Å². The number of halogens is 1. The summed E-state index contributed by atoms with van der Waals surface area (Å²) in [6, 6.07) is 0. The van der Waals surface area contributed by atoms with Crippen molar-refractivity contribution in [2.24, 2.45) is 0 Å². The maximum atomic E-state index is 11.8. The van der Waals surface area contributed by atoms with Gasteiger partial charge in [0.05, 0.1) is 12.7 Å². The second-order valence-electron chi connectivity index (χ2n) is 3.29. The third-order valence-electron chi connectivity index (χ3n) is 2.23. The van der Waals surface area contributed by atoms with Crippen LogP contribution in [0.1, 0.15) is 23.8 Å². The Balaban J connectivity index is 3.56. The van der Waals surface area contributed by atoms with E-state index in [4.69, 9.17) is 9.15 Å². The zero-order chi connectivity index (χ0) is 11.6. The fourth-order valence-electron chi connectivity index (χ4n) is 1.34. The molecule has 0 radical (unpaired) electrons. The molecule has 0 saturated heterocycles. The topological polar surface area (TPSA) is 39.4 Å². The summed E-state index contributed by atoms with van der Waals surface area (Å²) in [6.45, 7) is 5.29. The lowest BCUT2D eigenvalue weighted by atomic mass is 10.1. The molecule has 1 aromatic heterocycles. The molecule has 0 spiro atoms. The van der Waals surface area contributed by atoms with Crippen LogP contribution in [0.4, 0.5) is 0 Å². The van der Waals surface area contributed by atoms with E-state index in [0.29, 0.717) is 16.9 Å². The molecule has 0 aliphatic heterocycles. The average molecular weight is 273 g/mol. The largest absolute Gasteiger partial charge is 0.468 e. The van der Waals surface area contributed by atoms with E-state index in [2.05, 4.69) is 15.9 Å².